The normalized spacial score (nSPS) is 10.5. The lowest BCUT2D eigenvalue weighted by atomic mass is 10.1. The van der Waals surface area contributed by atoms with Gasteiger partial charge in [-0.05, 0) is 12.5 Å². The predicted molar refractivity (Wildman–Crippen MR) is 51.8 cm³/mol. The largest absolute Gasteiger partial charge is 0.516 e. The van der Waals surface area contributed by atoms with Gasteiger partial charge >= 0.3 is 0 Å². The SMILES string of the molecule is O=C(CCC=CO)c1ccccc1. The smallest absolute Gasteiger partial charge is 0.163 e. The van der Waals surface area contributed by atoms with E-state index >= 15 is 0 Å². The number of rotatable bonds is 4. The zero-order valence-corrected chi connectivity index (χ0v) is 7.31. The van der Waals surface area contributed by atoms with Crippen LogP contribution in [0, 0.1) is 0 Å². The van der Waals surface area contributed by atoms with Crippen LogP contribution in [0.4, 0.5) is 0 Å². The van der Waals surface area contributed by atoms with Gasteiger partial charge in [0, 0.05) is 12.0 Å². The fourth-order valence-corrected chi connectivity index (χ4v) is 1.06. The van der Waals surface area contributed by atoms with Crippen molar-refractivity contribution in [2.45, 2.75) is 12.8 Å². The minimum absolute atomic E-state index is 0.110. The molecule has 0 saturated heterocycles. The quantitative estimate of drug-likeness (QED) is 0.565. The molecule has 0 bridgehead atoms. The molecule has 1 aromatic rings. The number of carbonyl (C=O) groups excluding carboxylic acids is 1. The van der Waals surface area contributed by atoms with E-state index in [2.05, 4.69) is 0 Å². The zero-order valence-electron chi connectivity index (χ0n) is 7.31. The van der Waals surface area contributed by atoms with Gasteiger partial charge in [-0.3, -0.25) is 4.79 Å². The first-order valence-corrected chi connectivity index (χ1v) is 4.22. The fraction of sp³-hybridized carbons (Fsp3) is 0.182. The highest BCUT2D eigenvalue weighted by Crippen LogP contribution is 2.04. The molecular formula is C11H12O2. The Morgan fingerprint density at radius 2 is 2.00 bits per heavy atom. The zero-order chi connectivity index (χ0) is 9.52. The molecule has 0 aliphatic rings. The van der Waals surface area contributed by atoms with Crippen molar-refractivity contribution in [2.24, 2.45) is 0 Å². The Hall–Kier alpha value is -1.57. The van der Waals surface area contributed by atoms with Gasteiger partial charge in [0.25, 0.3) is 0 Å². The van der Waals surface area contributed by atoms with Crippen LogP contribution in [0.1, 0.15) is 23.2 Å². The van der Waals surface area contributed by atoms with Crippen LogP contribution in [0.2, 0.25) is 0 Å². The van der Waals surface area contributed by atoms with Crippen LogP contribution in [0.15, 0.2) is 42.7 Å². The minimum atomic E-state index is 0.110. The van der Waals surface area contributed by atoms with E-state index in [1.165, 1.54) is 0 Å². The summed E-state index contributed by atoms with van der Waals surface area (Å²) >= 11 is 0. The highest BCUT2D eigenvalue weighted by atomic mass is 16.2. The topological polar surface area (TPSA) is 37.3 Å². The maximum Gasteiger partial charge on any atom is 0.163 e. The Kier molecular flexibility index (Phi) is 3.76. The maximum atomic E-state index is 11.4. The Morgan fingerprint density at radius 3 is 2.62 bits per heavy atom. The summed E-state index contributed by atoms with van der Waals surface area (Å²) in [6, 6.07) is 9.16. The first kappa shape index (κ1) is 9.52. The standard InChI is InChI=1S/C11H12O2/c12-9-5-4-8-11(13)10-6-2-1-3-7-10/h1-3,5-7,9,12H,4,8H2. The lowest BCUT2D eigenvalue weighted by Crippen LogP contribution is -1.96. The van der Waals surface area contributed by atoms with Gasteiger partial charge in [-0.25, -0.2) is 0 Å². The van der Waals surface area contributed by atoms with E-state index in [0.717, 1.165) is 11.8 Å². The van der Waals surface area contributed by atoms with E-state index in [9.17, 15) is 4.79 Å². The van der Waals surface area contributed by atoms with Gasteiger partial charge in [0.2, 0.25) is 0 Å². The Bertz CT molecular complexity index is 288. The lowest BCUT2D eigenvalue weighted by Gasteiger charge is -1.96. The number of Topliss-reactive ketones (excluding diaryl/α,β-unsaturated/α-hetero) is 1. The molecule has 1 aromatic carbocycles. The molecule has 0 fully saturated rings. The molecule has 13 heavy (non-hydrogen) atoms. The van der Waals surface area contributed by atoms with E-state index in [1.807, 2.05) is 18.2 Å². The average Bonchev–Trinajstić information content (AvgIpc) is 2.19. The molecule has 2 heteroatoms. The van der Waals surface area contributed by atoms with Crippen LogP contribution in [0.5, 0.6) is 0 Å². The molecule has 2 nitrogen and oxygen atoms in total. The molecule has 0 spiro atoms. The molecule has 0 saturated carbocycles. The Morgan fingerprint density at radius 1 is 1.31 bits per heavy atom. The van der Waals surface area contributed by atoms with Crippen LogP contribution in [-0.4, -0.2) is 10.9 Å². The molecule has 1 rings (SSSR count). The minimum Gasteiger partial charge on any atom is -0.516 e. The van der Waals surface area contributed by atoms with Crippen molar-refractivity contribution in [3.8, 4) is 0 Å². The molecule has 0 heterocycles. The molecule has 1 N–H and O–H groups in total. The van der Waals surface area contributed by atoms with Crippen molar-refractivity contribution in [3.05, 3.63) is 48.2 Å². The number of hydrogen-bond donors (Lipinski definition) is 1. The molecule has 0 unspecified atom stereocenters. The number of ketones is 1. The van der Waals surface area contributed by atoms with Gasteiger partial charge < -0.3 is 5.11 Å². The average molecular weight is 176 g/mol. The first-order valence-electron chi connectivity index (χ1n) is 4.22. The summed E-state index contributed by atoms with van der Waals surface area (Å²) < 4.78 is 0. The molecule has 0 aromatic heterocycles. The van der Waals surface area contributed by atoms with Crippen LogP contribution >= 0.6 is 0 Å². The summed E-state index contributed by atoms with van der Waals surface area (Å²) in [6.07, 6.45) is 3.57. The highest BCUT2D eigenvalue weighted by molar-refractivity contribution is 5.96. The van der Waals surface area contributed by atoms with Crippen LogP contribution in [0.3, 0.4) is 0 Å². The number of aliphatic hydroxyl groups excluding tert-OH is 1. The van der Waals surface area contributed by atoms with Crippen molar-refractivity contribution in [1.82, 2.24) is 0 Å². The second-order valence-electron chi connectivity index (χ2n) is 2.71. The molecule has 0 radical (unpaired) electrons. The fourth-order valence-electron chi connectivity index (χ4n) is 1.06. The number of aliphatic hydroxyl groups is 1. The lowest BCUT2D eigenvalue weighted by molar-refractivity contribution is 0.0983. The third-order valence-electron chi connectivity index (χ3n) is 1.74. The molecular weight excluding hydrogens is 164 g/mol. The second kappa shape index (κ2) is 5.14. The summed E-state index contributed by atoms with van der Waals surface area (Å²) in [4.78, 5) is 11.4. The number of benzene rings is 1. The summed E-state index contributed by atoms with van der Waals surface area (Å²) in [5, 5.41) is 8.36. The predicted octanol–water partition coefficient (Wildman–Crippen LogP) is 2.72. The number of hydrogen-bond acceptors (Lipinski definition) is 2. The number of allylic oxidation sites excluding steroid dienone is 1. The van der Waals surface area contributed by atoms with Gasteiger partial charge in [-0.2, -0.15) is 0 Å². The molecule has 0 atom stereocenters. The van der Waals surface area contributed by atoms with Gasteiger partial charge in [0.15, 0.2) is 5.78 Å². The van der Waals surface area contributed by atoms with Crippen LogP contribution < -0.4 is 0 Å². The second-order valence-corrected chi connectivity index (χ2v) is 2.71. The van der Waals surface area contributed by atoms with Crippen LogP contribution in [-0.2, 0) is 0 Å². The van der Waals surface area contributed by atoms with Crippen molar-refractivity contribution in [2.75, 3.05) is 0 Å². The summed E-state index contributed by atoms with van der Waals surface area (Å²) in [6.45, 7) is 0. The van der Waals surface area contributed by atoms with E-state index in [0.29, 0.717) is 12.8 Å². The summed E-state index contributed by atoms with van der Waals surface area (Å²) in [5.74, 6) is 0.110. The third-order valence-corrected chi connectivity index (χ3v) is 1.74. The molecule has 68 valence electrons. The summed E-state index contributed by atoms with van der Waals surface area (Å²) in [7, 11) is 0. The van der Waals surface area contributed by atoms with Gasteiger partial charge in [-0.1, -0.05) is 30.3 Å². The van der Waals surface area contributed by atoms with Gasteiger partial charge in [0.1, 0.15) is 0 Å². The van der Waals surface area contributed by atoms with Crippen molar-refractivity contribution < 1.29 is 9.90 Å². The van der Waals surface area contributed by atoms with E-state index in [-0.39, 0.29) is 5.78 Å². The first-order chi connectivity index (χ1) is 6.34. The highest BCUT2D eigenvalue weighted by Gasteiger charge is 2.02. The monoisotopic (exact) mass is 176 g/mol. The van der Waals surface area contributed by atoms with E-state index in [1.54, 1.807) is 18.2 Å². The Labute approximate surface area is 77.5 Å². The summed E-state index contributed by atoms with van der Waals surface area (Å²) in [5.41, 5.74) is 0.730. The Balaban J connectivity index is 2.49. The van der Waals surface area contributed by atoms with Crippen LogP contribution in [0.25, 0.3) is 0 Å². The van der Waals surface area contributed by atoms with Crippen molar-refractivity contribution in [3.63, 3.8) is 0 Å². The van der Waals surface area contributed by atoms with Crippen molar-refractivity contribution >= 4 is 5.78 Å². The van der Waals surface area contributed by atoms with Crippen molar-refractivity contribution in [1.29, 1.82) is 0 Å². The van der Waals surface area contributed by atoms with Gasteiger partial charge in [0.05, 0.1) is 6.26 Å². The van der Waals surface area contributed by atoms with Gasteiger partial charge in [-0.15, -0.1) is 0 Å². The maximum absolute atomic E-state index is 11.4. The third kappa shape index (κ3) is 3.11. The molecule has 0 aliphatic carbocycles. The molecule has 0 aliphatic heterocycles. The molecule has 0 amide bonds. The number of carbonyl (C=O) groups is 1. The van der Waals surface area contributed by atoms with E-state index in [4.69, 9.17) is 5.11 Å². The van der Waals surface area contributed by atoms with E-state index < -0.39 is 0 Å².